The van der Waals surface area contributed by atoms with Crippen molar-refractivity contribution >= 4 is 124 Å². The minimum absolute atomic E-state index is 0. The van der Waals surface area contributed by atoms with Gasteiger partial charge in [-0.1, -0.05) is 72.8 Å². The van der Waals surface area contributed by atoms with E-state index in [0.29, 0.717) is 92.1 Å². The molecular formula is C65H51BrF4N13O8P. The predicted molar refractivity (Wildman–Crippen MR) is 344 cm³/mol. The van der Waals surface area contributed by atoms with Gasteiger partial charge < -0.3 is 28.1 Å². The van der Waals surface area contributed by atoms with Crippen LogP contribution in [0.1, 0.15) is 31.8 Å². The van der Waals surface area contributed by atoms with E-state index in [4.69, 9.17) is 33.3 Å². The van der Waals surface area contributed by atoms with Crippen LogP contribution in [0.3, 0.4) is 0 Å². The zero-order valence-electron chi connectivity index (χ0n) is 48.2. The number of benzene rings is 6. The van der Waals surface area contributed by atoms with Crippen LogP contribution in [0.5, 0.6) is 0 Å². The molecule has 92 heavy (non-hydrogen) atoms. The predicted octanol–water partition coefficient (Wildman–Crippen LogP) is 14.9. The number of halogens is 5. The van der Waals surface area contributed by atoms with Crippen LogP contribution in [0, 0.1) is 23.3 Å². The molecule has 0 fully saturated rings. The van der Waals surface area contributed by atoms with E-state index in [1.807, 2.05) is 109 Å². The van der Waals surface area contributed by atoms with Gasteiger partial charge in [0.2, 0.25) is 0 Å². The molecule has 1 unspecified atom stereocenters. The van der Waals surface area contributed by atoms with Crippen LogP contribution in [-0.4, -0.2) is 64.1 Å². The summed E-state index contributed by atoms with van der Waals surface area (Å²) >= 11 is 3.07. The number of hydrogen-bond donors (Lipinski definition) is 4. The van der Waals surface area contributed by atoms with Gasteiger partial charge in [0, 0.05) is 5.56 Å². The van der Waals surface area contributed by atoms with Gasteiger partial charge in [0.15, 0.2) is 22.3 Å². The van der Waals surface area contributed by atoms with Gasteiger partial charge in [-0.3, -0.25) is 25.1 Å². The Hall–Kier alpha value is -11.5. The molecule has 21 nitrogen and oxygen atoms in total. The first-order chi connectivity index (χ1) is 44.2. The van der Waals surface area contributed by atoms with Crippen molar-refractivity contribution in [3.8, 4) is 0 Å². The van der Waals surface area contributed by atoms with Crippen molar-refractivity contribution in [2.75, 3.05) is 28.0 Å². The van der Waals surface area contributed by atoms with Crippen LogP contribution in [-0.2, 0) is 17.8 Å². The van der Waals surface area contributed by atoms with Gasteiger partial charge in [-0.05, 0) is 148 Å². The Labute approximate surface area is 531 Å². The Balaban J connectivity index is 0.000000145. The summed E-state index contributed by atoms with van der Waals surface area (Å²) in [6, 6.07) is 56.0. The zero-order valence-corrected chi connectivity index (χ0v) is 51.2. The summed E-state index contributed by atoms with van der Waals surface area (Å²) in [4.78, 5) is 59.5. The third kappa shape index (κ3) is 17.4. The monoisotopic (exact) mass is 1330 g/mol. The standard InChI is InChI=1S/C21H16FN3O3.C20H15FN4O3.C12H8FN3O.C7H6N2O.C5H3BrFN.H3P/c1-27-20(26)15-8-6-14(7-9-15)13-25(19-11-10-16(22)12-23-19)21-24-17-4-2-3-5-18(17)28-21;21-15-9-10-18(22-11-15)25(20-23-16-3-1-2-4-17(16)28-20)12-13-5-7-14(8-6-13)19(26)24-27;13-8-5-6-11(14-7-8)16-12-15-9-3-1-2-4-10(9)17-12;8-7-9-5-3-1-2-4-6(5)10-7;6-5-2-1-4(7)3-8-5;/h2-12H,13H2,1H3;1-11,27H,12H2,(H,24,26);1-7H,(H,14,15,16);1-4H,(H2,8,9);1-3H;1H3. The highest BCUT2D eigenvalue weighted by atomic mass is 79.9. The summed E-state index contributed by atoms with van der Waals surface area (Å²) in [6.07, 6.45) is 4.56. The van der Waals surface area contributed by atoms with E-state index in [-0.39, 0.29) is 27.5 Å². The first-order valence-corrected chi connectivity index (χ1v) is 27.9. The molecule has 0 saturated carbocycles. The second-order valence-electron chi connectivity index (χ2n) is 18.9. The highest BCUT2D eigenvalue weighted by Crippen LogP contribution is 2.31. The van der Waals surface area contributed by atoms with E-state index in [0.717, 1.165) is 52.5 Å². The SMILES string of the molecule is COC(=O)c1ccc(CN(c2ccc(F)cn2)c2nc3ccccc3o2)cc1.Fc1ccc(Br)nc1.Fc1ccc(Nc2nc3ccccc3o2)nc1.Nc1nc2ccccc2o1.O=C(NO)c1ccc(CN(c2ccc(F)cn2)c2nc3ccccc3o2)cc1.P. The van der Waals surface area contributed by atoms with E-state index >= 15 is 0 Å². The summed E-state index contributed by atoms with van der Waals surface area (Å²) in [5.41, 5.74) is 15.1. The third-order valence-corrected chi connectivity index (χ3v) is 13.1. The lowest BCUT2D eigenvalue weighted by atomic mass is 10.1. The van der Waals surface area contributed by atoms with E-state index in [9.17, 15) is 27.2 Å². The smallest absolute Gasteiger partial charge is 0.337 e. The average molecular weight is 1330 g/mol. The molecule has 0 aliphatic rings. The fraction of sp³-hybridized carbons (Fsp3) is 0.0462. The molecule has 0 spiro atoms. The molecule has 14 rings (SSSR count). The number of ether oxygens (including phenoxy) is 1. The average Bonchev–Trinajstić information content (AvgIpc) is 1.92. The molecule has 8 heterocycles. The molecule has 27 heteroatoms. The van der Waals surface area contributed by atoms with E-state index in [1.165, 1.54) is 43.5 Å². The Morgan fingerprint density at radius 3 is 1.30 bits per heavy atom. The highest BCUT2D eigenvalue weighted by molar-refractivity contribution is 9.10. The maximum atomic E-state index is 13.3. The van der Waals surface area contributed by atoms with Crippen molar-refractivity contribution in [3.05, 3.63) is 269 Å². The fourth-order valence-electron chi connectivity index (χ4n) is 8.29. The number of nitrogens with zero attached hydrogens (tertiary/aromatic N) is 10. The zero-order chi connectivity index (χ0) is 63.6. The summed E-state index contributed by atoms with van der Waals surface area (Å²) in [6.45, 7) is 0.694. The Morgan fingerprint density at radius 1 is 0.500 bits per heavy atom. The lowest BCUT2D eigenvalue weighted by molar-refractivity contribution is 0.0600. The molecule has 0 saturated heterocycles. The van der Waals surface area contributed by atoms with Gasteiger partial charge in [0.25, 0.3) is 11.9 Å². The van der Waals surface area contributed by atoms with Crippen molar-refractivity contribution in [1.82, 2.24) is 45.4 Å². The third-order valence-electron chi connectivity index (χ3n) is 12.6. The maximum absolute atomic E-state index is 13.3. The number of nitrogens with one attached hydrogen (secondary N) is 2. The summed E-state index contributed by atoms with van der Waals surface area (Å²) in [5, 5.41) is 11.6. The molecule has 1 atom stereocenters. The summed E-state index contributed by atoms with van der Waals surface area (Å²) in [5.74, 6) is -1.12. The summed E-state index contributed by atoms with van der Waals surface area (Å²) < 4.78 is 78.9. The van der Waals surface area contributed by atoms with Gasteiger partial charge >= 0.3 is 24.0 Å². The number of rotatable bonds is 12. The van der Waals surface area contributed by atoms with Crippen LogP contribution >= 0.6 is 25.8 Å². The van der Waals surface area contributed by atoms with Crippen molar-refractivity contribution in [2.24, 2.45) is 0 Å². The lowest BCUT2D eigenvalue weighted by Gasteiger charge is -2.19. The second-order valence-corrected chi connectivity index (χ2v) is 19.7. The van der Waals surface area contributed by atoms with E-state index < -0.39 is 23.5 Å². The molecule has 464 valence electrons. The molecule has 0 aliphatic heterocycles. The maximum Gasteiger partial charge on any atom is 0.337 e. The highest BCUT2D eigenvalue weighted by Gasteiger charge is 2.21. The van der Waals surface area contributed by atoms with Crippen LogP contribution in [0.2, 0.25) is 0 Å². The van der Waals surface area contributed by atoms with Crippen molar-refractivity contribution in [1.29, 1.82) is 0 Å². The quantitative estimate of drug-likeness (QED) is 0.0221. The van der Waals surface area contributed by atoms with Gasteiger partial charge in [-0.15, -0.1) is 0 Å². The minimum atomic E-state index is -0.595. The molecule has 1 amide bonds. The lowest BCUT2D eigenvalue weighted by Crippen LogP contribution is -2.20. The number of nitrogen functional groups attached to an aromatic ring is 1. The Bertz CT molecular complexity index is 4350. The Morgan fingerprint density at radius 2 is 0.913 bits per heavy atom. The number of fused-ring (bicyclic) bond motifs is 4. The van der Waals surface area contributed by atoms with Gasteiger partial charge in [0.05, 0.1) is 50.6 Å². The molecular weight excluding hydrogens is 1280 g/mol. The van der Waals surface area contributed by atoms with Crippen LogP contribution in [0.4, 0.5) is 59.1 Å². The molecule has 0 aliphatic carbocycles. The van der Waals surface area contributed by atoms with Crippen LogP contribution < -0.4 is 26.3 Å². The number of pyridine rings is 4. The largest absolute Gasteiger partial charge is 0.465 e. The number of carbonyl (C=O) groups is 2. The number of carbonyl (C=O) groups excluding carboxylic acids is 2. The number of methoxy groups -OCH3 is 1. The molecule has 6 aromatic carbocycles. The fourth-order valence-corrected chi connectivity index (χ4v) is 8.52. The first-order valence-electron chi connectivity index (χ1n) is 27.1. The minimum Gasteiger partial charge on any atom is -0.465 e. The van der Waals surface area contributed by atoms with Crippen LogP contribution in [0.25, 0.3) is 44.4 Å². The number of nitrogens with two attached hydrogens (primary N) is 1. The molecule has 0 radical (unpaired) electrons. The van der Waals surface area contributed by atoms with Crippen LogP contribution in [0.15, 0.2) is 241 Å². The number of esters is 1. The normalized spacial score (nSPS) is 10.5. The van der Waals surface area contributed by atoms with E-state index in [1.54, 1.807) is 63.8 Å². The van der Waals surface area contributed by atoms with E-state index in [2.05, 4.69) is 61.1 Å². The number of amides is 1. The van der Waals surface area contributed by atoms with Crippen molar-refractivity contribution in [2.45, 2.75) is 13.1 Å². The second kappa shape index (κ2) is 31.1. The number of aromatic nitrogens is 8. The number of hydrogen-bond acceptors (Lipinski definition) is 20. The molecule has 0 bridgehead atoms. The molecule has 14 aromatic rings. The topological polar surface area (TPSA) is 276 Å². The number of anilines is 7. The number of hydroxylamine groups is 1. The van der Waals surface area contributed by atoms with Crippen molar-refractivity contribution in [3.63, 3.8) is 0 Å². The van der Waals surface area contributed by atoms with Gasteiger partial charge in [0.1, 0.15) is 67.4 Å². The number of oxazole rings is 4. The van der Waals surface area contributed by atoms with Crippen molar-refractivity contribution < 1.29 is 54.8 Å². The Kier molecular flexibility index (Phi) is 22.0. The molecule has 5 N–H and O–H groups in total. The summed E-state index contributed by atoms with van der Waals surface area (Å²) in [7, 11) is 1.34. The first kappa shape index (κ1) is 65.0. The van der Waals surface area contributed by atoms with Gasteiger partial charge in [-0.2, -0.15) is 29.8 Å². The van der Waals surface area contributed by atoms with Gasteiger partial charge in [-0.25, -0.2) is 47.8 Å². The number of para-hydroxylation sites is 8. The molecule has 8 aromatic heterocycles.